The van der Waals surface area contributed by atoms with Gasteiger partial charge in [0, 0.05) is 5.56 Å². The highest BCUT2D eigenvalue weighted by molar-refractivity contribution is 8.23. The van der Waals surface area contributed by atoms with Gasteiger partial charge in [-0.15, -0.1) is 11.8 Å². The first-order valence-corrected chi connectivity index (χ1v) is 8.75. The van der Waals surface area contributed by atoms with Crippen LogP contribution in [-0.2, 0) is 0 Å². The molecule has 0 unspecified atom stereocenters. The molecule has 0 atom stereocenters. The van der Waals surface area contributed by atoms with Crippen molar-refractivity contribution < 1.29 is 0 Å². The molecule has 108 valence electrons. The largest absolute Gasteiger partial charge is 0.117 e. The number of thiocarbonyl (C=S) groups is 1. The molecule has 2 heteroatoms. The fourth-order valence-corrected chi connectivity index (χ4v) is 2.93. The molecule has 0 aromatic heterocycles. The highest BCUT2D eigenvalue weighted by atomic mass is 32.2. The quantitative estimate of drug-likeness (QED) is 0.538. The number of hydrogen-bond acceptors (Lipinski definition) is 2. The van der Waals surface area contributed by atoms with E-state index < -0.39 is 0 Å². The first-order valence-electron chi connectivity index (χ1n) is 7.12. The van der Waals surface area contributed by atoms with E-state index in [2.05, 4.69) is 66.7 Å². The Morgan fingerprint density at radius 2 is 1.14 bits per heavy atom. The summed E-state index contributed by atoms with van der Waals surface area (Å²) in [6.45, 7) is 0. The Balaban J connectivity index is 2.17. The highest BCUT2D eigenvalue weighted by Crippen LogP contribution is 2.29. The van der Waals surface area contributed by atoms with Crippen LogP contribution in [0, 0.1) is 0 Å². The van der Waals surface area contributed by atoms with Crippen LogP contribution in [0.25, 0.3) is 22.3 Å². The van der Waals surface area contributed by atoms with E-state index >= 15 is 0 Å². The minimum Gasteiger partial charge on any atom is -0.117 e. The maximum atomic E-state index is 5.50. The highest BCUT2D eigenvalue weighted by Gasteiger charge is 2.08. The van der Waals surface area contributed by atoms with Crippen LogP contribution in [0.5, 0.6) is 0 Å². The first kappa shape index (κ1) is 15.0. The van der Waals surface area contributed by atoms with Crippen LogP contribution in [0.4, 0.5) is 0 Å². The summed E-state index contributed by atoms with van der Waals surface area (Å²) >= 11 is 7.12. The molecule has 0 aliphatic rings. The lowest BCUT2D eigenvalue weighted by Crippen LogP contribution is -1.93. The van der Waals surface area contributed by atoms with Crippen molar-refractivity contribution in [2.75, 3.05) is 6.26 Å². The van der Waals surface area contributed by atoms with Gasteiger partial charge in [-0.1, -0.05) is 72.9 Å². The SMILES string of the molecule is CSC(=S)c1cc(-c2ccccc2)cc(-c2ccccc2)c1. The average Bonchev–Trinajstić information content (AvgIpc) is 2.62. The molecule has 3 rings (SSSR count). The Morgan fingerprint density at radius 1 is 0.682 bits per heavy atom. The fraction of sp³-hybridized carbons (Fsp3) is 0.0500. The third-order valence-corrected chi connectivity index (χ3v) is 4.91. The Bertz CT molecular complexity index is 720. The normalized spacial score (nSPS) is 10.4. The van der Waals surface area contributed by atoms with Crippen molar-refractivity contribution in [1.82, 2.24) is 0 Å². The molecule has 0 saturated heterocycles. The Labute approximate surface area is 141 Å². The second-order valence-electron chi connectivity index (χ2n) is 5.02. The minimum atomic E-state index is 0.926. The standard InChI is InChI=1S/C20H16S2/c1-22-20(21)19-13-17(15-8-4-2-5-9-15)12-18(14-19)16-10-6-3-7-11-16/h2-14H,1H3. The Hall–Kier alpha value is -1.90. The van der Waals surface area contributed by atoms with E-state index in [1.54, 1.807) is 11.8 Å². The monoisotopic (exact) mass is 320 g/mol. The van der Waals surface area contributed by atoms with Gasteiger partial charge in [0.25, 0.3) is 0 Å². The first-order chi connectivity index (χ1) is 10.8. The average molecular weight is 320 g/mol. The van der Waals surface area contributed by atoms with Crippen LogP contribution >= 0.6 is 24.0 Å². The van der Waals surface area contributed by atoms with Crippen LogP contribution in [0.3, 0.4) is 0 Å². The number of thioether (sulfide) groups is 1. The van der Waals surface area contributed by atoms with Crippen molar-refractivity contribution in [3.8, 4) is 22.3 Å². The third kappa shape index (κ3) is 3.29. The van der Waals surface area contributed by atoms with E-state index in [4.69, 9.17) is 12.2 Å². The molecule has 0 spiro atoms. The zero-order valence-corrected chi connectivity index (χ0v) is 14.0. The van der Waals surface area contributed by atoms with E-state index in [9.17, 15) is 0 Å². The molecule has 0 amide bonds. The molecule has 0 radical (unpaired) electrons. The van der Waals surface area contributed by atoms with Crippen LogP contribution < -0.4 is 0 Å². The van der Waals surface area contributed by atoms with Crippen molar-refractivity contribution >= 4 is 28.2 Å². The predicted octanol–water partition coefficient (Wildman–Crippen LogP) is 6.06. The van der Waals surface area contributed by atoms with Crippen LogP contribution in [0.15, 0.2) is 78.9 Å². The van der Waals surface area contributed by atoms with Crippen LogP contribution in [-0.4, -0.2) is 10.5 Å². The molecular formula is C20H16S2. The summed E-state index contributed by atoms with van der Waals surface area (Å²) in [5.41, 5.74) is 5.94. The van der Waals surface area contributed by atoms with Gasteiger partial charge in [-0.3, -0.25) is 0 Å². The molecule has 0 aliphatic heterocycles. The second kappa shape index (κ2) is 6.91. The second-order valence-corrected chi connectivity index (χ2v) is 6.51. The summed E-state index contributed by atoms with van der Waals surface area (Å²) in [5.74, 6) is 0. The summed E-state index contributed by atoms with van der Waals surface area (Å²) < 4.78 is 0.926. The van der Waals surface area contributed by atoms with Gasteiger partial charge < -0.3 is 0 Å². The Morgan fingerprint density at radius 3 is 1.55 bits per heavy atom. The van der Waals surface area contributed by atoms with E-state index in [-0.39, 0.29) is 0 Å². The molecule has 0 nitrogen and oxygen atoms in total. The molecule has 0 heterocycles. The zero-order valence-electron chi connectivity index (χ0n) is 12.3. The van der Waals surface area contributed by atoms with Crippen molar-refractivity contribution in [1.29, 1.82) is 0 Å². The maximum absolute atomic E-state index is 5.50. The number of benzene rings is 3. The molecule has 3 aromatic rings. The van der Waals surface area contributed by atoms with Crippen molar-refractivity contribution in [3.63, 3.8) is 0 Å². The molecule has 0 fully saturated rings. The summed E-state index contributed by atoms with van der Waals surface area (Å²) in [6, 6.07) is 27.5. The molecule has 3 aromatic carbocycles. The lowest BCUT2D eigenvalue weighted by Gasteiger charge is -2.10. The molecule has 0 N–H and O–H groups in total. The van der Waals surface area contributed by atoms with Gasteiger partial charge in [0.05, 0.1) is 4.20 Å². The van der Waals surface area contributed by atoms with Gasteiger partial charge in [0.1, 0.15) is 0 Å². The van der Waals surface area contributed by atoms with E-state index in [0.717, 1.165) is 9.76 Å². The van der Waals surface area contributed by atoms with Crippen molar-refractivity contribution in [2.45, 2.75) is 0 Å². The predicted molar refractivity (Wildman–Crippen MR) is 103 cm³/mol. The maximum Gasteiger partial charge on any atom is 0.0776 e. The molecule has 22 heavy (non-hydrogen) atoms. The van der Waals surface area contributed by atoms with Crippen molar-refractivity contribution in [2.24, 2.45) is 0 Å². The smallest absolute Gasteiger partial charge is 0.0776 e. The molecule has 0 saturated carbocycles. The summed E-state index contributed by atoms with van der Waals surface area (Å²) in [7, 11) is 0. The van der Waals surface area contributed by atoms with Gasteiger partial charge in [0.2, 0.25) is 0 Å². The lowest BCUT2D eigenvalue weighted by atomic mass is 9.96. The van der Waals surface area contributed by atoms with Gasteiger partial charge in [-0.05, 0) is 46.7 Å². The molecular weight excluding hydrogens is 304 g/mol. The summed E-state index contributed by atoms with van der Waals surface area (Å²) in [6.07, 6.45) is 2.03. The summed E-state index contributed by atoms with van der Waals surface area (Å²) in [4.78, 5) is 0. The van der Waals surface area contributed by atoms with Crippen LogP contribution in [0.1, 0.15) is 5.56 Å². The van der Waals surface area contributed by atoms with E-state index in [1.807, 2.05) is 18.4 Å². The van der Waals surface area contributed by atoms with E-state index in [1.165, 1.54) is 22.3 Å². The van der Waals surface area contributed by atoms with E-state index in [0.29, 0.717) is 0 Å². The van der Waals surface area contributed by atoms with Gasteiger partial charge >= 0.3 is 0 Å². The van der Waals surface area contributed by atoms with Gasteiger partial charge in [-0.2, -0.15) is 0 Å². The summed E-state index contributed by atoms with van der Waals surface area (Å²) in [5, 5.41) is 0. The lowest BCUT2D eigenvalue weighted by molar-refractivity contribution is 1.58. The van der Waals surface area contributed by atoms with Crippen LogP contribution in [0.2, 0.25) is 0 Å². The zero-order chi connectivity index (χ0) is 15.4. The third-order valence-electron chi connectivity index (χ3n) is 3.57. The molecule has 0 aliphatic carbocycles. The van der Waals surface area contributed by atoms with Crippen molar-refractivity contribution in [3.05, 3.63) is 84.4 Å². The number of rotatable bonds is 3. The van der Waals surface area contributed by atoms with Gasteiger partial charge in [0.15, 0.2) is 0 Å². The van der Waals surface area contributed by atoms with Gasteiger partial charge in [-0.25, -0.2) is 0 Å². The number of hydrogen-bond donors (Lipinski definition) is 0. The molecule has 0 bridgehead atoms. The topological polar surface area (TPSA) is 0 Å². The fourth-order valence-electron chi connectivity index (χ4n) is 2.46. The minimum absolute atomic E-state index is 0.926. The Kier molecular flexibility index (Phi) is 4.71.